The van der Waals surface area contributed by atoms with Crippen LogP contribution in [0.2, 0.25) is 0 Å². The predicted molar refractivity (Wildman–Crippen MR) is 74.3 cm³/mol. The van der Waals surface area contributed by atoms with E-state index in [1.54, 1.807) is 6.07 Å². The van der Waals surface area contributed by atoms with Crippen LogP contribution in [0.25, 0.3) is 11.3 Å². The lowest BCUT2D eigenvalue weighted by Crippen LogP contribution is -2.06. The molecule has 0 fully saturated rings. The normalized spacial score (nSPS) is 12.9. The topological polar surface area (TPSA) is 66.7 Å². The summed E-state index contributed by atoms with van der Waals surface area (Å²) in [6.07, 6.45) is 2.00. The standard InChI is InChI=1S/C10H9F2IN4OS/c1-19(18)10-14-3-2-7(15-10)6-4-17(5-8(11)12)16-9(6)13/h2-4,8H,5H2,1H3. The second-order valence-corrected chi connectivity index (χ2v) is 5.92. The van der Waals surface area contributed by atoms with Crippen molar-refractivity contribution in [2.45, 2.75) is 18.1 Å². The Bertz CT molecular complexity index is 578. The van der Waals surface area contributed by atoms with Gasteiger partial charge in [-0.2, -0.15) is 15.1 Å². The van der Waals surface area contributed by atoms with E-state index in [4.69, 9.17) is 0 Å². The first-order chi connectivity index (χ1) is 8.97. The van der Waals surface area contributed by atoms with Crippen molar-refractivity contribution >= 4 is 33.8 Å². The molecule has 0 N–H and O–H groups in total. The molecular formula is C10H9F2IN4OS. The lowest BCUT2D eigenvalue weighted by Gasteiger charge is -2.03. The van der Waals surface area contributed by atoms with E-state index < -0.39 is 24.1 Å². The highest BCUT2D eigenvalue weighted by atomic mass is 127. The molecule has 0 aromatic carbocycles. The first kappa shape index (κ1) is 14.6. The molecule has 0 aliphatic heterocycles. The molecule has 9 heteroatoms. The van der Waals surface area contributed by atoms with Gasteiger partial charge in [-0.3, -0.25) is 4.68 Å². The van der Waals surface area contributed by atoms with Gasteiger partial charge in [-0.05, 0) is 28.7 Å². The van der Waals surface area contributed by atoms with Gasteiger partial charge in [0.05, 0.1) is 11.3 Å². The van der Waals surface area contributed by atoms with Gasteiger partial charge in [0, 0.05) is 23.6 Å². The van der Waals surface area contributed by atoms with E-state index >= 15 is 0 Å². The number of nitrogens with zero attached hydrogens (tertiary/aromatic N) is 4. The monoisotopic (exact) mass is 398 g/mol. The van der Waals surface area contributed by atoms with Crippen LogP contribution in [0.5, 0.6) is 0 Å². The maximum Gasteiger partial charge on any atom is 0.342 e. The zero-order valence-electron chi connectivity index (χ0n) is 9.76. The third-order valence-corrected chi connectivity index (χ3v) is 3.72. The fourth-order valence-electron chi connectivity index (χ4n) is 1.43. The Morgan fingerprint density at radius 3 is 2.89 bits per heavy atom. The Labute approximate surface area is 124 Å². The van der Waals surface area contributed by atoms with Crippen molar-refractivity contribution in [3.05, 3.63) is 22.2 Å². The lowest BCUT2D eigenvalue weighted by atomic mass is 10.2. The maximum absolute atomic E-state index is 12.3. The molecule has 2 rings (SSSR count). The van der Waals surface area contributed by atoms with Gasteiger partial charge in [0.25, 0.3) is 6.43 Å². The zero-order valence-corrected chi connectivity index (χ0v) is 12.7. The first-order valence-electron chi connectivity index (χ1n) is 5.15. The third kappa shape index (κ3) is 3.60. The summed E-state index contributed by atoms with van der Waals surface area (Å²) in [6, 6.07) is 1.63. The highest BCUT2D eigenvalue weighted by molar-refractivity contribution is 14.1. The van der Waals surface area contributed by atoms with Crippen molar-refractivity contribution in [1.82, 2.24) is 19.7 Å². The van der Waals surface area contributed by atoms with E-state index in [-0.39, 0.29) is 5.16 Å². The number of alkyl halides is 2. The lowest BCUT2D eigenvalue weighted by molar-refractivity contribution is 0.121. The Morgan fingerprint density at radius 2 is 2.26 bits per heavy atom. The number of halogens is 3. The minimum absolute atomic E-state index is 0.204. The minimum atomic E-state index is -2.47. The molecule has 2 heterocycles. The van der Waals surface area contributed by atoms with Crippen LogP contribution in [0, 0.1) is 3.70 Å². The molecule has 2 aromatic rings. The minimum Gasteiger partial charge on any atom is -0.609 e. The molecule has 0 saturated heterocycles. The van der Waals surface area contributed by atoms with E-state index in [2.05, 4.69) is 15.1 Å². The van der Waals surface area contributed by atoms with Crippen LogP contribution in [0.1, 0.15) is 0 Å². The average Bonchev–Trinajstić information content (AvgIpc) is 2.69. The molecular weight excluding hydrogens is 389 g/mol. The molecule has 0 spiro atoms. The second-order valence-electron chi connectivity index (χ2n) is 3.63. The number of rotatable bonds is 4. The van der Waals surface area contributed by atoms with Gasteiger partial charge in [0.15, 0.2) is 0 Å². The van der Waals surface area contributed by atoms with Gasteiger partial charge in [-0.1, -0.05) is 0 Å². The summed E-state index contributed by atoms with van der Waals surface area (Å²) in [7, 11) is 0. The largest absolute Gasteiger partial charge is 0.609 e. The first-order valence-corrected chi connectivity index (χ1v) is 7.79. The molecule has 0 radical (unpaired) electrons. The van der Waals surface area contributed by atoms with Crippen LogP contribution in [-0.4, -0.2) is 37.0 Å². The summed E-state index contributed by atoms with van der Waals surface area (Å²) in [5.74, 6) is 0. The van der Waals surface area contributed by atoms with E-state index in [9.17, 15) is 13.3 Å². The summed E-state index contributed by atoms with van der Waals surface area (Å²) in [4.78, 5) is 8.03. The van der Waals surface area contributed by atoms with Crippen LogP contribution < -0.4 is 0 Å². The summed E-state index contributed by atoms with van der Waals surface area (Å²) in [5.41, 5.74) is 1.14. The Hall–Kier alpha value is -0.810. The van der Waals surface area contributed by atoms with E-state index in [1.807, 2.05) is 22.6 Å². The summed E-state index contributed by atoms with van der Waals surface area (Å²) in [6.45, 7) is -0.465. The summed E-state index contributed by atoms with van der Waals surface area (Å²) in [5, 5.41) is 4.19. The van der Waals surface area contributed by atoms with Crippen LogP contribution in [-0.2, 0) is 17.7 Å². The highest BCUT2D eigenvalue weighted by Gasteiger charge is 2.15. The van der Waals surface area contributed by atoms with E-state index in [0.29, 0.717) is 15.0 Å². The maximum atomic E-state index is 12.3. The van der Waals surface area contributed by atoms with Gasteiger partial charge in [-0.15, -0.1) is 0 Å². The fourth-order valence-corrected chi connectivity index (χ4v) is 2.56. The van der Waals surface area contributed by atoms with Crippen LogP contribution in [0.4, 0.5) is 8.78 Å². The molecule has 1 unspecified atom stereocenters. The van der Waals surface area contributed by atoms with Crippen molar-refractivity contribution in [2.75, 3.05) is 6.26 Å². The van der Waals surface area contributed by atoms with Gasteiger partial charge in [-0.25, -0.2) is 8.78 Å². The molecule has 2 aromatic heterocycles. The number of hydrogen-bond acceptors (Lipinski definition) is 4. The van der Waals surface area contributed by atoms with E-state index in [0.717, 1.165) is 0 Å². The number of aromatic nitrogens is 4. The molecule has 1 atom stereocenters. The van der Waals surface area contributed by atoms with Crippen LogP contribution in [0.15, 0.2) is 23.6 Å². The molecule has 0 bridgehead atoms. The van der Waals surface area contributed by atoms with Crippen LogP contribution >= 0.6 is 22.6 Å². The quantitative estimate of drug-likeness (QED) is 0.449. The van der Waals surface area contributed by atoms with Gasteiger partial charge >= 0.3 is 5.16 Å². The highest BCUT2D eigenvalue weighted by Crippen LogP contribution is 2.23. The van der Waals surface area contributed by atoms with E-state index in [1.165, 1.54) is 23.3 Å². The predicted octanol–water partition coefficient (Wildman–Crippen LogP) is 1.95. The van der Waals surface area contributed by atoms with Crippen molar-refractivity contribution in [3.63, 3.8) is 0 Å². The van der Waals surface area contributed by atoms with Crippen molar-refractivity contribution in [1.29, 1.82) is 0 Å². The Balaban J connectivity index is 2.36. The average molecular weight is 398 g/mol. The van der Waals surface area contributed by atoms with Gasteiger partial charge in [0.2, 0.25) is 0 Å². The molecule has 0 aliphatic rings. The van der Waals surface area contributed by atoms with Crippen molar-refractivity contribution < 1.29 is 13.3 Å². The summed E-state index contributed by atoms with van der Waals surface area (Å²) < 4.78 is 37.7. The molecule has 0 aliphatic carbocycles. The zero-order chi connectivity index (χ0) is 14.0. The van der Waals surface area contributed by atoms with Crippen molar-refractivity contribution in [3.8, 4) is 11.3 Å². The molecule has 5 nitrogen and oxygen atoms in total. The Kier molecular flexibility index (Phi) is 4.68. The SMILES string of the molecule is C[S+]([O-])c1nccc(-c2cn(CC(F)F)nc2I)n1. The Morgan fingerprint density at radius 1 is 1.53 bits per heavy atom. The molecule has 0 amide bonds. The third-order valence-electron chi connectivity index (χ3n) is 2.21. The van der Waals surface area contributed by atoms with Gasteiger partial charge in [0.1, 0.15) is 16.5 Å². The second kappa shape index (κ2) is 6.09. The number of hydrogen-bond donors (Lipinski definition) is 0. The fraction of sp³-hybridized carbons (Fsp3) is 0.300. The van der Waals surface area contributed by atoms with Crippen molar-refractivity contribution in [2.24, 2.45) is 0 Å². The van der Waals surface area contributed by atoms with Crippen LogP contribution in [0.3, 0.4) is 0 Å². The molecule has 102 valence electrons. The smallest absolute Gasteiger partial charge is 0.342 e. The van der Waals surface area contributed by atoms with Gasteiger partial charge < -0.3 is 4.55 Å². The molecule has 0 saturated carbocycles. The molecule has 19 heavy (non-hydrogen) atoms. The summed E-state index contributed by atoms with van der Waals surface area (Å²) >= 11 is 0.654.